The molecule has 5 nitrogen and oxygen atoms in total. The first-order chi connectivity index (χ1) is 17.8. The monoisotopic (exact) mass is 565 g/mol. The molecule has 5 rings (SSSR count). The molecule has 1 aromatic heterocycles. The summed E-state index contributed by atoms with van der Waals surface area (Å²) in [5.74, 6) is -2.79. The van der Waals surface area contributed by atoms with E-state index in [0.29, 0.717) is 46.8 Å². The summed E-state index contributed by atoms with van der Waals surface area (Å²) < 4.78 is 109. The molecule has 3 heterocycles. The summed E-state index contributed by atoms with van der Waals surface area (Å²) in [7, 11) is 0. The van der Waals surface area contributed by atoms with Crippen LogP contribution >= 0.6 is 11.6 Å². The molecular weight excluding hydrogens is 546 g/mol. The van der Waals surface area contributed by atoms with Crippen LogP contribution in [-0.2, 0) is 19.3 Å². The second-order valence-corrected chi connectivity index (χ2v) is 9.79. The molecule has 1 fully saturated rings. The van der Waals surface area contributed by atoms with Crippen molar-refractivity contribution >= 4 is 17.3 Å². The van der Waals surface area contributed by atoms with E-state index in [1.54, 1.807) is 22.8 Å². The molecule has 0 radical (unpaired) electrons. The van der Waals surface area contributed by atoms with Crippen molar-refractivity contribution in [1.29, 1.82) is 0 Å². The van der Waals surface area contributed by atoms with Gasteiger partial charge < -0.3 is 4.90 Å². The molecule has 0 saturated carbocycles. The number of halogens is 9. The summed E-state index contributed by atoms with van der Waals surface area (Å²) in [6.07, 6.45) is -8.90. The van der Waals surface area contributed by atoms with E-state index in [1.165, 1.54) is 9.80 Å². The quantitative estimate of drug-likeness (QED) is 0.341. The molecule has 2 aromatic carbocycles. The van der Waals surface area contributed by atoms with Gasteiger partial charge in [0, 0.05) is 30.6 Å². The molecule has 3 aromatic rings. The van der Waals surface area contributed by atoms with E-state index in [2.05, 4.69) is 10.2 Å². The van der Waals surface area contributed by atoms with Gasteiger partial charge in [-0.1, -0.05) is 11.6 Å². The molecule has 0 unspecified atom stereocenters. The summed E-state index contributed by atoms with van der Waals surface area (Å²) in [5, 5.41) is 8.80. The highest BCUT2D eigenvalue weighted by Gasteiger charge is 2.40. The lowest BCUT2D eigenvalue weighted by molar-refractivity contribution is -0.148. The lowest BCUT2D eigenvalue weighted by Crippen LogP contribution is -2.35. The molecule has 0 N–H and O–H groups in total. The number of rotatable bonds is 3. The Kier molecular flexibility index (Phi) is 6.79. The third kappa shape index (κ3) is 5.18. The lowest BCUT2D eigenvalue weighted by atomic mass is 9.95. The maximum atomic E-state index is 14.7. The largest absolute Gasteiger partial charge is 0.422 e. The molecule has 0 aliphatic carbocycles. The third-order valence-electron chi connectivity index (χ3n) is 6.75. The Bertz CT molecular complexity index is 1340. The van der Waals surface area contributed by atoms with Gasteiger partial charge >= 0.3 is 12.4 Å². The van der Waals surface area contributed by atoms with Crippen LogP contribution in [0.5, 0.6) is 0 Å². The predicted molar refractivity (Wildman–Crippen MR) is 122 cm³/mol. The Morgan fingerprint density at radius 3 is 2.24 bits per heavy atom. The molecule has 2 aliphatic heterocycles. The van der Waals surface area contributed by atoms with Gasteiger partial charge in [-0.25, -0.2) is 8.78 Å². The molecule has 0 amide bonds. The molecule has 14 heteroatoms. The number of hydrogen-bond acceptors (Lipinski definition) is 4. The Labute approximate surface area is 216 Å². The van der Waals surface area contributed by atoms with Crippen molar-refractivity contribution < 1.29 is 35.1 Å². The van der Waals surface area contributed by atoms with Crippen molar-refractivity contribution in [3.05, 3.63) is 69.8 Å². The maximum absolute atomic E-state index is 14.7. The van der Waals surface area contributed by atoms with Crippen LogP contribution in [0.2, 0.25) is 5.02 Å². The van der Waals surface area contributed by atoms with Crippen LogP contribution in [0, 0.1) is 11.6 Å². The average molecular weight is 566 g/mol. The first-order valence-corrected chi connectivity index (χ1v) is 12.0. The Balaban J connectivity index is 1.43. The van der Waals surface area contributed by atoms with Crippen LogP contribution in [-0.4, -0.2) is 45.5 Å². The number of piperidine rings is 1. The van der Waals surface area contributed by atoms with Gasteiger partial charge in [-0.3, -0.25) is 9.47 Å². The van der Waals surface area contributed by atoms with E-state index in [9.17, 15) is 35.1 Å². The maximum Gasteiger partial charge on any atom is 0.422 e. The van der Waals surface area contributed by atoms with E-state index in [1.807, 2.05) is 0 Å². The normalized spacial score (nSPS) is 17.3. The fraction of sp³-hybridized carbons (Fsp3) is 0.417. The zero-order valence-corrected chi connectivity index (χ0v) is 20.3. The summed E-state index contributed by atoms with van der Waals surface area (Å²) in [6, 6.07) is 6.48. The lowest BCUT2D eigenvalue weighted by Gasteiger charge is -2.34. The number of aromatic nitrogens is 3. The zero-order valence-electron chi connectivity index (χ0n) is 19.6. The fourth-order valence-corrected chi connectivity index (χ4v) is 5.34. The first-order valence-electron chi connectivity index (χ1n) is 11.6. The summed E-state index contributed by atoms with van der Waals surface area (Å²) in [4.78, 5) is 2.61. The van der Waals surface area contributed by atoms with E-state index < -0.39 is 36.1 Å². The van der Waals surface area contributed by atoms with E-state index in [4.69, 9.17) is 11.6 Å². The van der Waals surface area contributed by atoms with Gasteiger partial charge in [0.15, 0.2) is 11.6 Å². The minimum atomic E-state index is -5.18. The van der Waals surface area contributed by atoms with Crippen molar-refractivity contribution in [1.82, 2.24) is 19.7 Å². The van der Waals surface area contributed by atoms with Crippen LogP contribution in [0.25, 0.3) is 5.69 Å². The van der Waals surface area contributed by atoms with Crippen LogP contribution < -0.4 is 4.90 Å². The predicted octanol–water partition coefficient (Wildman–Crippen LogP) is 6.48. The summed E-state index contributed by atoms with van der Waals surface area (Å²) in [5.41, 5.74) is -1.12. The highest BCUT2D eigenvalue weighted by atomic mass is 35.5. The second kappa shape index (κ2) is 9.67. The van der Waals surface area contributed by atoms with Crippen molar-refractivity contribution in [2.24, 2.45) is 0 Å². The van der Waals surface area contributed by atoms with Crippen LogP contribution in [0.3, 0.4) is 0 Å². The SMILES string of the molecule is Fc1ccc(N2CCC(c3nnc4n3-c3ccc(Cl)cc3CN(CC(F)(F)F)C4)CC2)c(F)c1C(F)(F)F. The molecule has 1 saturated heterocycles. The standard InChI is InChI=1S/C24H20ClF8N5/c25-15-1-3-17-14(9-15)10-36(12-23(28,29)30)11-19-34-35-22(38(17)19)13-5-7-37(8-6-13)18-4-2-16(26)20(21(18)27)24(31,32)33/h1-4,9,13H,5-8,10-12H2. The molecule has 0 atom stereocenters. The molecular formula is C24H20ClF8N5. The van der Waals surface area contributed by atoms with E-state index in [0.717, 1.165) is 6.07 Å². The highest BCUT2D eigenvalue weighted by molar-refractivity contribution is 6.30. The average Bonchev–Trinajstić information content (AvgIpc) is 3.14. The number of nitrogens with zero attached hydrogens (tertiary/aromatic N) is 5. The molecule has 0 spiro atoms. The smallest absolute Gasteiger partial charge is 0.369 e. The van der Waals surface area contributed by atoms with Crippen molar-refractivity contribution in [3.8, 4) is 5.69 Å². The zero-order chi connectivity index (χ0) is 27.4. The number of benzene rings is 2. The Morgan fingerprint density at radius 1 is 0.895 bits per heavy atom. The van der Waals surface area contributed by atoms with Gasteiger partial charge in [0.25, 0.3) is 0 Å². The van der Waals surface area contributed by atoms with Crippen LogP contribution in [0.4, 0.5) is 40.8 Å². The van der Waals surface area contributed by atoms with Gasteiger partial charge in [0.2, 0.25) is 0 Å². The molecule has 204 valence electrons. The topological polar surface area (TPSA) is 37.2 Å². The number of alkyl halides is 6. The van der Waals surface area contributed by atoms with E-state index >= 15 is 0 Å². The van der Waals surface area contributed by atoms with E-state index in [-0.39, 0.29) is 37.8 Å². The Morgan fingerprint density at radius 2 is 1.58 bits per heavy atom. The number of fused-ring (bicyclic) bond motifs is 3. The van der Waals surface area contributed by atoms with Crippen LogP contribution in [0.15, 0.2) is 30.3 Å². The molecule has 38 heavy (non-hydrogen) atoms. The second-order valence-electron chi connectivity index (χ2n) is 9.36. The molecule has 0 bridgehead atoms. The molecule has 2 aliphatic rings. The van der Waals surface area contributed by atoms with Gasteiger partial charge in [0.05, 0.1) is 24.5 Å². The number of hydrogen-bond donors (Lipinski definition) is 0. The van der Waals surface area contributed by atoms with Gasteiger partial charge in [-0.15, -0.1) is 10.2 Å². The first kappa shape index (κ1) is 26.7. The van der Waals surface area contributed by atoms with Gasteiger partial charge in [-0.2, -0.15) is 26.3 Å². The minimum absolute atomic E-state index is 0.0119. The fourth-order valence-electron chi connectivity index (χ4n) is 5.14. The van der Waals surface area contributed by atoms with Crippen molar-refractivity contribution in [2.75, 3.05) is 24.5 Å². The van der Waals surface area contributed by atoms with Crippen LogP contribution in [0.1, 0.15) is 41.5 Å². The minimum Gasteiger partial charge on any atom is -0.369 e. The van der Waals surface area contributed by atoms with Crippen molar-refractivity contribution in [2.45, 2.75) is 44.2 Å². The summed E-state index contributed by atoms with van der Waals surface area (Å²) in [6.45, 7) is -0.968. The summed E-state index contributed by atoms with van der Waals surface area (Å²) >= 11 is 6.13. The van der Waals surface area contributed by atoms with Gasteiger partial charge in [0.1, 0.15) is 17.2 Å². The Hall–Kier alpha value is -2.93. The van der Waals surface area contributed by atoms with Crippen molar-refractivity contribution in [3.63, 3.8) is 0 Å². The number of anilines is 1. The highest BCUT2D eigenvalue weighted by Crippen LogP contribution is 2.39. The van der Waals surface area contributed by atoms with Gasteiger partial charge in [-0.05, 0) is 48.7 Å². The third-order valence-corrected chi connectivity index (χ3v) is 6.99.